The number of benzene rings is 2. The lowest BCUT2D eigenvalue weighted by Crippen LogP contribution is -2.46. The average molecular weight is 617 g/mol. The smallest absolute Gasteiger partial charge is 0.416 e. The zero-order chi connectivity index (χ0) is 29.8. The summed E-state index contributed by atoms with van der Waals surface area (Å²) < 4.78 is 110. The van der Waals surface area contributed by atoms with Gasteiger partial charge < -0.3 is 14.6 Å². The van der Waals surface area contributed by atoms with Crippen molar-refractivity contribution < 1.29 is 49.8 Å². The molecule has 3 aromatic rings. The summed E-state index contributed by atoms with van der Waals surface area (Å²) in [7, 11) is 0. The fourth-order valence-corrected chi connectivity index (χ4v) is 5.40. The Hall–Kier alpha value is -3.06. The van der Waals surface area contributed by atoms with Gasteiger partial charge in [-0.2, -0.15) is 35.1 Å². The van der Waals surface area contributed by atoms with E-state index in [9.17, 15) is 44.7 Å². The van der Waals surface area contributed by atoms with Gasteiger partial charge in [0.15, 0.2) is 0 Å². The van der Waals surface area contributed by atoms with Crippen LogP contribution in [0.4, 0.5) is 35.1 Å². The first-order chi connectivity index (χ1) is 18.4. The van der Waals surface area contributed by atoms with E-state index in [0.717, 1.165) is 17.0 Å². The largest absolute Gasteiger partial charge is 0.477 e. The molecule has 1 amide bonds. The molecule has 0 saturated carbocycles. The van der Waals surface area contributed by atoms with E-state index in [4.69, 9.17) is 28.3 Å². The van der Waals surface area contributed by atoms with E-state index in [1.807, 2.05) is 0 Å². The van der Waals surface area contributed by atoms with E-state index in [0.29, 0.717) is 12.1 Å². The lowest BCUT2D eigenvalue weighted by molar-refractivity contribution is -0.175. The van der Waals surface area contributed by atoms with Crippen LogP contribution in [0.1, 0.15) is 39.9 Å². The maximum Gasteiger partial charge on any atom is 0.416 e. The van der Waals surface area contributed by atoms with Gasteiger partial charge in [-0.15, -0.1) is 0 Å². The molecule has 1 aromatic heterocycles. The molecule has 1 saturated heterocycles. The van der Waals surface area contributed by atoms with E-state index >= 15 is 0 Å². The fraction of sp³-hybridized carbons (Fsp3) is 0.360. The zero-order valence-electron chi connectivity index (χ0n) is 20.0. The molecule has 0 bridgehead atoms. The number of carboxylic acid groups (broad SMARTS) is 1. The van der Waals surface area contributed by atoms with Gasteiger partial charge in [-0.25, -0.2) is 4.79 Å². The molecule has 0 unspecified atom stereocenters. The standard InChI is InChI=1S/C25H18Cl2F8N2O3/c26-18-10-14(24(30,31)32)9-12-3-6-37(20(12)18)11-16-17(25(33,34)35)2-1-15(19(16)27)21(38)36-7-4-13(5-8-36)23(28,29)22(39)40/h1-3,6,9-10,13H,4-5,7-8,11H2,(H,39,40). The number of likely N-dealkylation sites (tertiary alicyclic amines) is 1. The third-order valence-electron chi connectivity index (χ3n) is 6.83. The van der Waals surface area contributed by atoms with Gasteiger partial charge in [0.25, 0.3) is 5.91 Å². The number of amides is 1. The maximum atomic E-state index is 13.9. The van der Waals surface area contributed by atoms with Gasteiger partial charge >= 0.3 is 24.2 Å². The highest BCUT2D eigenvalue weighted by atomic mass is 35.5. The number of rotatable bonds is 5. The minimum Gasteiger partial charge on any atom is -0.477 e. The molecule has 2 heterocycles. The fourth-order valence-electron chi connectivity index (χ4n) is 4.76. The van der Waals surface area contributed by atoms with Gasteiger partial charge in [0.05, 0.1) is 32.3 Å². The zero-order valence-corrected chi connectivity index (χ0v) is 21.5. The highest BCUT2D eigenvalue weighted by molar-refractivity contribution is 6.35. The number of carboxylic acids is 1. The number of hydrogen-bond acceptors (Lipinski definition) is 2. The summed E-state index contributed by atoms with van der Waals surface area (Å²) in [6.45, 7) is -1.17. The van der Waals surface area contributed by atoms with Crippen molar-refractivity contribution in [1.82, 2.24) is 9.47 Å². The molecular weight excluding hydrogens is 599 g/mol. The molecule has 0 spiro atoms. The van der Waals surface area contributed by atoms with Crippen molar-refractivity contribution in [3.8, 4) is 0 Å². The number of aromatic nitrogens is 1. The van der Waals surface area contributed by atoms with Crippen LogP contribution >= 0.6 is 23.2 Å². The van der Waals surface area contributed by atoms with E-state index in [1.165, 1.54) is 16.8 Å². The first-order valence-corrected chi connectivity index (χ1v) is 12.3. The van der Waals surface area contributed by atoms with Crippen molar-refractivity contribution in [1.29, 1.82) is 0 Å². The Labute approximate surface area is 230 Å². The van der Waals surface area contributed by atoms with Crippen LogP contribution in [0, 0.1) is 5.92 Å². The normalized spacial score (nSPS) is 15.6. The Morgan fingerprint density at radius 2 is 1.55 bits per heavy atom. The Balaban J connectivity index is 1.69. The molecular formula is C25H18Cl2F8N2O3. The van der Waals surface area contributed by atoms with Crippen LogP contribution in [0.5, 0.6) is 0 Å². The van der Waals surface area contributed by atoms with Gasteiger partial charge in [0, 0.05) is 42.7 Å². The highest BCUT2D eigenvalue weighted by Gasteiger charge is 2.48. The van der Waals surface area contributed by atoms with E-state index < -0.39 is 64.3 Å². The van der Waals surface area contributed by atoms with Crippen molar-refractivity contribution in [2.45, 2.75) is 37.7 Å². The predicted octanol–water partition coefficient (Wildman–Crippen LogP) is 7.61. The number of aliphatic carboxylic acids is 1. The first-order valence-electron chi connectivity index (χ1n) is 11.6. The minimum absolute atomic E-state index is 0.0111. The molecule has 1 fully saturated rings. The van der Waals surface area contributed by atoms with Gasteiger partial charge in [-0.1, -0.05) is 23.2 Å². The molecule has 0 aliphatic carbocycles. The molecule has 0 atom stereocenters. The molecule has 216 valence electrons. The van der Waals surface area contributed by atoms with Crippen molar-refractivity contribution in [2.24, 2.45) is 5.92 Å². The molecule has 1 aliphatic heterocycles. The highest BCUT2D eigenvalue weighted by Crippen LogP contribution is 2.40. The van der Waals surface area contributed by atoms with E-state index in [1.54, 1.807) is 0 Å². The van der Waals surface area contributed by atoms with Crippen LogP contribution < -0.4 is 0 Å². The second kappa shape index (κ2) is 10.4. The molecule has 5 nitrogen and oxygen atoms in total. The monoisotopic (exact) mass is 616 g/mol. The number of nitrogens with zero attached hydrogens (tertiary/aromatic N) is 2. The number of carbonyl (C=O) groups excluding carboxylic acids is 1. The van der Waals surface area contributed by atoms with Gasteiger partial charge in [0.1, 0.15) is 0 Å². The number of piperidine rings is 1. The summed E-state index contributed by atoms with van der Waals surface area (Å²) in [6, 6.07) is 4.16. The summed E-state index contributed by atoms with van der Waals surface area (Å²) in [5.74, 6) is -8.67. The van der Waals surface area contributed by atoms with Crippen molar-refractivity contribution >= 4 is 46.0 Å². The maximum absolute atomic E-state index is 13.9. The van der Waals surface area contributed by atoms with Crippen LogP contribution in [0.2, 0.25) is 10.0 Å². The topological polar surface area (TPSA) is 62.5 Å². The molecule has 4 rings (SSSR count). The van der Waals surface area contributed by atoms with Crippen LogP contribution in [-0.2, 0) is 23.7 Å². The minimum atomic E-state index is -4.92. The number of fused-ring (bicyclic) bond motifs is 1. The van der Waals surface area contributed by atoms with Crippen LogP contribution in [-0.4, -0.2) is 45.5 Å². The molecule has 2 aromatic carbocycles. The number of alkyl halides is 8. The second-order valence-electron chi connectivity index (χ2n) is 9.28. The summed E-state index contributed by atoms with van der Waals surface area (Å²) in [5.41, 5.74) is -3.14. The van der Waals surface area contributed by atoms with Crippen LogP contribution in [0.25, 0.3) is 10.9 Å². The molecule has 0 radical (unpaired) electrons. The van der Waals surface area contributed by atoms with Crippen molar-refractivity contribution in [3.63, 3.8) is 0 Å². The summed E-state index contributed by atoms with van der Waals surface area (Å²) >= 11 is 12.4. The molecule has 1 aliphatic rings. The first kappa shape index (κ1) is 29.9. The second-order valence-corrected chi connectivity index (χ2v) is 10.1. The van der Waals surface area contributed by atoms with Gasteiger partial charge in [-0.3, -0.25) is 4.79 Å². The molecule has 1 N–H and O–H groups in total. The predicted molar refractivity (Wildman–Crippen MR) is 129 cm³/mol. The molecule has 40 heavy (non-hydrogen) atoms. The lowest BCUT2D eigenvalue weighted by Gasteiger charge is -2.34. The number of hydrogen-bond donors (Lipinski definition) is 1. The summed E-state index contributed by atoms with van der Waals surface area (Å²) in [6.07, 6.45) is -9.11. The van der Waals surface area contributed by atoms with Gasteiger partial charge in [0.2, 0.25) is 0 Å². The average Bonchev–Trinajstić information content (AvgIpc) is 3.27. The van der Waals surface area contributed by atoms with Crippen molar-refractivity contribution in [2.75, 3.05) is 13.1 Å². The number of carbonyl (C=O) groups is 2. The number of halogens is 10. The third-order valence-corrected chi connectivity index (χ3v) is 7.55. The SMILES string of the molecule is O=C(c1ccc(C(F)(F)F)c(Cn2ccc3cc(C(F)(F)F)cc(Cl)c32)c1Cl)N1CCC(C(F)(F)C(=O)O)CC1. The van der Waals surface area contributed by atoms with E-state index in [-0.39, 0.29) is 47.4 Å². The third kappa shape index (κ3) is 5.58. The Morgan fingerprint density at radius 3 is 2.10 bits per heavy atom. The lowest BCUT2D eigenvalue weighted by atomic mass is 9.90. The summed E-state index contributed by atoms with van der Waals surface area (Å²) in [5, 5.41) is 7.81. The quantitative estimate of drug-likeness (QED) is 0.300. The Kier molecular flexibility index (Phi) is 7.78. The summed E-state index contributed by atoms with van der Waals surface area (Å²) in [4.78, 5) is 25.1. The Morgan fingerprint density at radius 1 is 0.925 bits per heavy atom. The van der Waals surface area contributed by atoms with Crippen LogP contribution in [0.15, 0.2) is 36.5 Å². The van der Waals surface area contributed by atoms with Gasteiger partial charge in [-0.05, 0) is 43.2 Å². The van der Waals surface area contributed by atoms with E-state index in [2.05, 4.69) is 0 Å². The van der Waals surface area contributed by atoms with Crippen LogP contribution in [0.3, 0.4) is 0 Å². The Bertz CT molecular complexity index is 1480. The van der Waals surface area contributed by atoms with Crippen molar-refractivity contribution in [3.05, 3.63) is 68.8 Å². The molecule has 15 heteroatoms.